The molecule has 3 aromatic rings. The van der Waals surface area contributed by atoms with Gasteiger partial charge in [0.2, 0.25) is 5.91 Å². The van der Waals surface area contributed by atoms with E-state index in [0.717, 1.165) is 54.9 Å². The summed E-state index contributed by atoms with van der Waals surface area (Å²) >= 11 is 0. The van der Waals surface area contributed by atoms with Gasteiger partial charge in [0.15, 0.2) is 5.75 Å². The molecule has 1 heterocycles. The highest BCUT2D eigenvalue weighted by Crippen LogP contribution is 2.39. The SMILES string of the molecule is COC(=O)CC(C(=O)Nc1cc(C(C)(C)C)cc(N)c1OC)c1ccc(OCCN2CCOCC2)c2ccccc12. The molecule has 1 aliphatic rings. The van der Waals surface area contributed by atoms with Gasteiger partial charge in [-0.3, -0.25) is 14.5 Å². The number of hydrogen-bond donors (Lipinski definition) is 2. The maximum Gasteiger partial charge on any atom is 0.306 e. The number of benzene rings is 3. The average Bonchev–Trinajstić information content (AvgIpc) is 2.96. The molecule has 1 amide bonds. The van der Waals surface area contributed by atoms with Crippen molar-refractivity contribution in [2.75, 3.05) is 64.7 Å². The molecule has 0 saturated carbocycles. The number of rotatable bonds is 10. The van der Waals surface area contributed by atoms with Crippen molar-refractivity contribution in [2.45, 2.75) is 38.5 Å². The molecule has 1 saturated heterocycles. The van der Waals surface area contributed by atoms with Crippen molar-refractivity contribution in [1.29, 1.82) is 0 Å². The summed E-state index contributed by atoms with van der Waals surface area (Å²) in [5.74, 6) is -0.599. The maximum atomic E-state index is 13.9. The van der Waals surface area contributed by atoms with Crippen molar-refractivity contribution in [2.24, 2.45) is 0 Å². The molecule has 4 rings (SSSR count). The van der Waals surface area contributed by atoms with Crippen LogP contribution in [0.4, 0.5) is 11.4 Å². The summed E-state index contributed by atoms with van der Waals surface area (Å²) in [7, 11) is 2.83. The smallest absolute Gasteiger partial charge is 0.306 e. The summed E-state index contributed by atoms with van der Waals surface area (Å²) in [5, 5.41) is 4.69. The van der Waals surface area contributed by atoms with Crippen molar-refractivity contribution >= 4 is 34.0 Å². The van der Waals surface area contributed by atoms with Crippen LogP contribution in [0.1, 0.15) is 44.2 Å². The third-order valence-corrected chi connectivity index (χ3v) is 7.42. The third-order valence-electron chi connectivity index (χ3n) is 7.42. The summed E-state index contributed by atoms with van der Waals surface area (Å²) in [6, 6.07) is 15.2. The van der Waals surface area contributed by atoms with Gasteiger partial charge in [0, 0.05) is 25.0 Å². The van der Waals surface area contributed by atoms with Crippen LogP contribution < -0.4 is 20.5 Å². The summed E-state index contributed by atoms with van der Waals surface area (Å²) in [5.41, 5.74) is 8.60. The number of anilines is 2. The molecule has 9 heteroatoms. The number of fused-ring (bicyclic) bond motifs is 1. The number of amides is 1. The molecule has 9 nitrogen and oxygen atoms in total. The highest BCUT2D eigenvalue weighted by atomic mass is 16.5. The predicted molar refractivity (Wildman–Crippen MR) is 161 cm³/mol. The number of nitrogens with two attached hydrogens (primary N) is 1. The van der Waals surface area contributed by atoms with E-state index in [0.29, 0.717) is 29.3 Å². The van der Waals surface area contributed by atoms with Gasteiger partial charge in [-0.25, -0.2) is 0 Å². The molecule has 41 heavy (non-hydrogen) atoms. The Balaban J connectivity index is 1.66. The Labute approximate surface area is 241 Å². The predicted octanol–water partition coefficient (Wildman–Crippen LogP) is 4.72. The van der Waals surface area contributed by atoms with Gasteiger partial charge in [0.05, 0.1) is 51.1 Å². The number of nitrogen functional groups attached to an aromatic ring is 1. The van der Waals surface area contributed by atoms with E-state index >= 15 is 0 Å². The highest BCUT2D eigenvalue weighted by Gasteiger charge is 2.29. The van der Waals surface area contributed by atoms with E-state index in [-0.39, 0.29) is 17.7 Å². The Morgan fingerprint density at radius 3 is 2.41 bits per heavy atom. The van der Waals surface area contributed by atoms with Crippen LogP contribution in [0, 0.1) is 0 Å². The van der Waals surface area contributed by atoms with Gasteiger partial charge in [0.1, 0.15) is 12.4 Å². The van der Waals surface area contributed by atoms with Gasteiger partial charge in [-0.05, 0) is 40.1 Å². The molecule has 3 N–H and O–H groups in total. The molecule has 0 spiro atoms. The summed E-state index contributed by atoms with van der Waals surface area (Å²) in [6.07, 6.45) is -0.139. The number of morpholine rings is 1. The molecule has 0 aliphatic carbocycles. The number of methoxy groups -OCH3 is 2. The summed E-state index contributed by atoms with van der Waals surface area (Å²) in [6.45, 7) is 10.8. The fraction of sp³-hybridized carbons (Fsp3) is 0.438. The monoisotopic (exact) mass is 563 g/mol. The quantitative estimate of drug-likeness (QED) is 0.269. The number of carbonyl (C=O) groups excluding carboxylic acids is 2. The van der Waals surface area contributed by atoms with Crippen LogP contribution >= 0.6 is 0 Å². The molecule has 1 unspecified atom stereocenters. The van der Waals surface area contributed by atoms with Crippen LogP contribution in [-0.2, 0) is 24.5 Å². The molecule has 1 aliphatic heterocycles. The molecule has 0 aromatic heterocycles. The second-order valence-electron chi connectivity index (χ2n) is 11.2. The first-order chi connectivity index (χ1) is 19.6. The Morgan fingerprint density at radius 2 is 1.76 bits per heavy atom. The Morgan fingerprint density at radius 1 is 1.05 bits per heavy atom. The lowest BCUT2D eigenvalue weighted by atomic mass is 9.86. The fourth-order valence-electron chi connectivity index (χ4n) is 5.05. The zero-order valence-electron chi connectivity index (χ0n) is 24.6. The largest absolute Gasteiger partial charge is 0.492 e. The Kier molecular flexibility index (Phi) is 9.73. The topological polar surface area (TPSA) is 112 Å². The lowest BCUT2D eigenvalue weighted by molar-refractivity contribution is -0.142. The normalized spacial score (nSPS) is 14.9. The van der Waals surface area contributed by atoms with E-state index in [1.165, 1.54) is 14.2 Å². The van der Waals surface area contributed by atoms with E-state index in [2.05, 4.69) is 31.0 Å². The minimum Gasteiger partial charge on any atom is -0.492 e. The molecular formula is C32H41N3O6. The fourth-order valence-corrected chi connectivity index (χ4v) is 5.05. The van der Waals surface area contributed by atoms with Crippen LogP contribution in [-0.4, -0.2) is 70.5 Å². The lowest BCUT2D eigenvalue weighted by Crippen LogP contribution is -2.38. The van der Waals surface area contributed by atoms with Gasteiger partial charge < -0.3 is 30.0 Å². The van der Waals surface area contributed by atoms with Crippen molar-refractivity contribution in [3.05, 3.63) is 59.7 Å². The number of nitrogens with zero attached hydrogens (tertiary/aromatic N) is 1. The van der Waals surface area contributed by atoms with Gasteiger partial charge in [-0.15, -0.1) is 0 Å². The number of nitrogens with one attached hydrogen (secondary N) is 1. The van der Waals surface area contributed by atoms with Crippen LogP contribution in [0.2, 0.25) is 0 Å². The van der Waals surface area contributed by atoms with Gasteiger partial charge in [0.25, 0.3) is 0 Å². The Bertz CT molecular complexity index is 1380. The molecule has 1 fully saturated rings. The first kappa shape index (κ1) is 30.1. The van der Waals surface area contributed by atoms with E-state index in [1.807, 2.05) is 48.5 Å². The van der Waals surface area contributed by atoms with Gasteiger partial charge >= 0.3 is 5.97 Å². The molecule has 0 bridgehead atoms. The molecule has 0 radical (unpaired) electrons. The van der Waals surface area contributed by atoms with Crippen LogP contribution in [0.3, 0.4) is 0 Å². The average molecular weight is 564 g/mol. The second kappa shape index (κ2) is 13.2. The van der Waals surface area contributed by atoms with Gasteiger partial charge in [-0.2, -0.15) is 0 Å². The van der Waals surface area contributed by atoms with Crippen LogP contribution in [0.15, 0.2) is 48.5 Å². The highest BCUT2D eigenvalue weighted by molar-refractivity contribution is 6.03. The Hall–Kier alpha value is -3.82. The van der Waals surface area contributed by atoms with Gasteiger partial charge in [-0.1, -0.05) is 51.1 Å². The zero-order valence-corrected chi connectivity index (χ0v) is 24.6. The summed E-state index contributed by atoms with van der Waals surface area (Å²) in [4.78, 5) is 28.8. The second-order valence-corrected chi connectivity index (χ2v) is 11.2. The van der Waals surface area contributed by atoms with E-state index in [1.54, 1.807) is 0 Å². The first-order valence-electron chi connectivity index (χ1n) is 13.9. The van der Waals surface area contributed by atoms with Crippen LogP contribution in [0.25, 0.3) is 10.8 Å². The molecule has 3 aromatic carbocycles. The third kappa shape index (κ3) is 7.28. The number of esters is 1. The first-order valence-corrected chi connectivity index (χ1v) is 13.9. The van der Waals surface area contributed by atoms with E-state index in [4.69, 9.17) is 24.7 Å². The van der Waals surface area contributed by atoms with E-state index in [9.17, 15) is 9.59 Å². The number of hydrogen-bond acceptors (Lipinski definition) is 8. The molecule has 220 valence electrons. The number of carbonyl (C=O) groups is 2. The van der Waals surface area contributed by atoms with Crippen molar-refractivity contribution in [3.63, 3.8) is 0 Å². The molecule has 1 atom stereocenters. The minimum atomic E-state index is -0.834. The molecular weight excluding hydrogens is 522 g/mol. The van der Waals surface area contributed by atoms with Crippen molar-refractivity contribution in [3.8, 4) is 11.5 Å². The lowest BCUT2D eigenvalue weighted by Gasteiger charge is -2.26. The minimum absolute atomic E-state index is 0.139. The summed E-state index contributed by atoms with van der Waals surface area (Å²) < 4.78 is 22.1. The standard InChI is InChI=1S/C32H41N3O6/c1-32(2,3)21-18-26(33)30(39-5)27(19-21)34-31(37)25(20-29(36)38-4)23-10-11-28(24-9-7-6-8-22(23)24)41-17-14-35-12-15-40-16-13-35/h6-11,18-19,25H,12-17,20,33H2,1-5H3,(H,34,37). The number of ether oxygens (including phenoxy) is 4. The zero-order chi connectivity index (χ0) is 29.6. The van der Waals surface area contributed by atoms with E-state index < -0.39 is 11.9 Å². The van der Waals surface area contributed by atoms with Crippen molar-refractivity contribution in [1.82, 2.24) is 4.90 Å². The van der Waals surface area contributed by atoms with Crippen molar-refractivity contribution < 1.29 is 28.5 Å². The maximum absolute atomic E-state index is 13.9. The van der Waals surface area contributed by atoms with Crippen LogP contribution in [0.5, 0.6) is 11.5 Å².